The molecule has 0 N–H and O–H groups in total. The predicted molar refractivity (Wildman–Crippen MR) is 63.8 cm³/mol. The maximum Gasteiger partial charge on any atom is 0.357 e. The van der Waals surface area contributed by atoms with Crippen LogP contribution in [0.5, 0.6) is 0 Å². The first kappa shape index (κ1) is 11.7. The summed E-state index contributed by atoms with van der Waals surface area (Å²) in [7, 11) is 0. The van der Waals surface area contributed by atoms with Gasteiger partial charge in [0.15, 0.2) is 5.69 Å². The number of carbonyl (C=O) groups is 1. The molecule has 0 aliphatic heterocycles. The van der Waals surface area contributed by atoms with Crippen molar-refractivity contribution in [3.8, 4) is 10.7 Å². The van der Waals surface area contributed by atoms with Crippen molar-refractivity contribution in [2.24, 2.45) is 0 Å². The van der Waals surface area contributed by atoms with Gasteiger partial charge in [-0.1, -0.05) is 0 Å². The highest BCUT2D eigenvalue weighted by Gasteiger charge is 2.13. The summed E-state index contributed by atoms with van der Waals surface area (Å²) in [5.41, 5.74) is 1.04. The molecule has 0 aliphatic rings. The van der Waals surface area contributed by atoms with E-state index in [-0.39, 0.29) is 0 Å². The van der Waals surface area contributed by atoms with E-state index in [1.54, 1.807) is 24.6 Å². The van der Waals surface area contributed by atoms with Crippen molar-refractivity contribution in [2.45, 2.75) is 13.8 Å². The van der Waals surface area contributed by atoms with Crippen LogP contribution in [0.3, 0.4) is 0 Å². The Labute approximate surface area is 103 Å². The Morgan fingerprint density at radius 2 is 2.29 bits per heavy atom. The zero-order valence-corrected chi connectivity index (χ0v) is 10.3. The molecular weight excluding hydrogens is 238 g/mol. The minimum Gasteiger partial charge on any atom is -0.461 e. The SMILES string of the molecule is CCOC(=O)c1csc(-c2ccnc(C)n2)n1. The normalized spacial score (nSPS) is 10.2. The minimum atomic E-state index is -0.402. The standard InChI is InChI=1S/C11H11N3O2S/c1-3-16-11(15)9-6-17-10(14-9)8-4-5-12-7(2)13-8/h4-6H,3H2,1-2H3. The van der Waals surface area contributed by atoms with Crippen LogP contribution < -0.4 is 0 Å². The van der Waals surface area contributed by atoms with Crippen LogP contribution in [0.25, 0.3) is 10.7 Å². The van der Waals surface area contributed by atoms with Gasteiger partial charge in [-0.2, -0.15) is 0 Å². The smallest absolute Gasteiger partial charge is 0.357 e. The molecule has 2 aromatic heterocycles. The second-order valence-corrected chi connectivity index (χ2v) is 4.11. The molecule has 0 saturated heterocycles. The first-order chi connectivity index (χ1) is 8.20. The van der Waals surface area contributed by atoms with Gasteiger partial charge in [0.2, 0.25) is 0 Å². The molecule has 0 atom stereocenters. The minimum absolute atomic E-state index is 0.322. The predicted octanol–water partition coefficient (Wildman–Crippen LogP) is 2.09. The lowest BCUT2D eigenvalue weighted by molar-refractivity contribution is 0.0520. The van der Waals surface area contributed by atoms with Gasteiger partial charge in [-0.25, -0.2) is 19.7 Å². The fourth-order valence-corrected chi connectivity index (χ4v) is 2.02. The largest absolute Gasteiger partial charge is 0.461 e. The molecule has 0 saturated carbocycles. The molecule has 88 valence electrons. The highest BCUT2D eigenvalue weighted by molar-refractivity contribution is 7.13. The molecule has 0 spiro atoms. The Morgan fingerprint density at radius 1 is 1.47 bits per heavy atom. The summed E-state index contributed by atoms with van der Waals surface area (Å²) in [5, 5.41) is 2.36. The van der Waals surface area contributed by atoms with Crippen LogP contribution in [0.15, 0.2) is 17.6 Å². The van der Waals surface area contributed by atoms with E-state index in [9.17, 15) is 4.79 Å². The van der Waals surface area contributed by atoms with Crippen molar-refractivity contribution >= 4 is 17.3 Å². The second kappa shape index (κ2) is 5.01. The van der Waals surface area contributed by atoms with Crippen molar-refractivity contribution in [1.82, 2.24) is 15.0 Å². The average Bonchev–Trinajstić information content (AvgIpc) is 2.78. The second-order valence-electron chi connectivity index (χ2n) is 3.25. The van der Waals surface area contributed by atoms with E-state index in [0.717, 1.165) is 5.69 Å². The number of aryl methyl sites for hydroxylation is 1. The molecule has 0 fully saturated rings. The fraction of sp³-hybridized carbons (Fsp3) is 0.273. The van der Waals surface area contributed by atoms with Gasteiger partial charge in [-0.15, -0.1) is 11.3 Å². The summed E-state index contributed by atoms with van der Waals surface area (Å²) >= 11 is 1.36. The zero-order valence-electron chi connectivity index (χ0n) is 9.51. The first-order valence-corrected chi connectivity index (χ1v) is 6.01. The van der Waals surface area contributed by atoms with Gasteiger partial charge in [0.25, 0.3) is 0 Å². The average molecular weight is 249 g/mol. The number of carbonyl (C=O) groups excluding carboxylic acids is 1. The third-order valence-electron chi connectivity index (χ3n) is 1.98. The van der Waals surface area contributed by atoms with Crippen LogP contribution in [0.4, 0.5) is 0 Å². The summed E-state index contributed by atoms with van der Waals surface area (Å²) in [4.78, 5) is 23.9. The number of ether oxygens (including phenoxy) is 1. The van der Waals surface area contributed by atoms with E-state index in [4.69, 9.17) is 4.74 Å². The van der Waals surface area contributed by atoms with Crippen molar-refractivity contribution in [3.63, 3.8) is 0 Å². The van der Waals surface area contributed by atoms with Gasteiger partial charge in [0.1, 0.15) is 16.5 Å². The van der Waals surface area contributed by atoms with Crippen molar-refractivity contribution < 1.29 is 9.53 Å². The van der Waals surface area contributed by atoms with E-state index in [1.165, 1.54) is 11.3 Å². The number of rotatable bonds is 3. The summed E-state index contributed by atoms with van der Waals surface area (Å²) in [6.07, 6.45) is 1.67. The van der Waals surface area contributed by atoms with Crippen LogP contribution in [-0.2, 0) is 4.74 Å². The molecule has 2 rings (SSSR count). The lowest BCUT2D eigenvalue weighted by atomic mass is 10.4. The van der Waals surface area contributed by atoms with Crippen molar-refractivity contribution in [2.75, 3.05) is 6.61 Å². The molecule has 0 bridgehead atoms. The van der Waals surface area contributed by atoms with E-state index in [1.807, 2.05) is 6.92 Å². The summed E-state index contributed by atoms with van der Waals surface area (Å²) in [6.45, 7) is 3.92. The maximum absolute atomic E-state index is 11.4. The molecule has 0 unspecified atom stereocenters. The Kier molecular flexibility index (Phi) is 3.43. The van der Waals surface area contributed by atoms with Gasteiger partial charge in [-0.05, 0) is 19.9 Å². The Balaban J connectivity index is 2.27. The molecule has 17 heavy (non-hydrogen) atoms. The lowest BCUT2D eigenvalue weighted by Gasteiger charge is -1.97. The van der Waals surface area contributed by atoms with Crippen LogP contribution in [0.1, 0.15) is 23.2 Å². The molecule has 0 radical (unpaired) electrons. The number of esters is 1. The Morgan fingerprint density at radius 3 is 3.00 bits per heavy atom. The van der Waals surface area contributed by atoms with Crippen molar-refractivity contribution in [3.05, 3.63) is 29.2 Å². The number of nitrogens with zero attached hydrogens (tertiary/aromatic N) is 3. The maximum atomic E-state index is 11.4. The lowest BCUT2D eigenvalue weighted by Crippen LogP contribution is -2.04. The van der Waals surface area contributed by atoms with Crippen LogP contribution >= 0.6 is 11.3 Å². The monoisotopic (exact) mass is 249 g/mol. The molecule has 2 heterocycles. The Hall–Kier alpha value is -1.82. The van der Waals surface area contributed by atoms with E-state index in [0.29, 0.717) is 23.1 Å². The molecule has 5 nitrogen and oxygen atoms in total. The molecular formula is C11H11N3O2S. The highest BCUT2D eigenvalue weighted by Crippen LogP contribution is 2.21. The number of thiazole rings is 1. The van der Waals surface area contributed by atoms with Crippen LogP contribution in [0.2, 0.25) is 0 Å². The third kappa shape index (κ3) is 2.65. The third-order valence-corrected chi connectivity index (χ3v) is 2.85. The summed E-state index contributed by atoms with van der Waals surface area (Å²) < 4.78 is 4.87. The van der Waals surface area contributed by atoms with Crippen LogP contribution in [0, 0.1) is 6.92 Å². The molecule has 0 aromatic carbocycles. The zero-order chi connectivity index (χ0) is 12.3. The van der Waals surface area contributed by atoms with Gasteiger partial charge in [0, 0.05) is 11.6 Å². The molecule has 6 heteroatoms. The summed E-state index contributed by atoms with van der Waals surface area (Å²) in [6, 6.07) is 1.76. The quantitative estimate of drug-likeness (QED) is 0.779. The Bertz CT molecular complexity index is 539. The fourth-order valence-electron chi connectivity index (χ4n) is 1.27. The van der Waals surface area contributed by atoms with E-state index >= 15 is 0 Å². The number of hydrogen-bond acceptors (Lipinski definition) is 6. The molecule has 0 amide bonds. The molecule has 0 aliphatic carbocycles. The molecule has 2 aromatic rings. The van der Waals surface area contributed by atoms with Gasteiger partial charge >= 0.3 is 5.97 Å². The summed E-state index contributed by atoms with van der Waals surface area (Å²) in [5.74, 6) is 0.274. The topological polar surface area (TPSA) is 65.0 Å². The van der Waals surface area contributed by atoms with E-state index in [2.05, 4.69) is 15.0 Å². The highest BCUT2D eigenvalue weighted by atomic mass is 32.1. The van der Waals surface area contributed by atoms with Gasteiger partial charge < -0.3 is 4.74 Å². The number of aromatic nitrogens is 3. The first-order valence-electron chi connectivity index (χ1n) is 5.13. The van der Waals surface area contributed by atoms with Crippen molar-refractivity contribution in [1.29, 1.82) is 0 Å². The van der Waals surface area contributed by atoms with Crippen LogP contribution in [-0.4, -0.2) is 27.5 Å². The number of hydrogen-bond donors (Lipinski definition) is 0. The van der Waals surface area contributed by atoms with E-state index < -0.39 is 5.97 Å². The van der Waals surface area contributed by atoms with Gasteiger partial charge in [0.05, 0.1) is 6.61 Å². The van der Waals surface area contributed by atoms with Gasteiger partial charge in [-0.3, -0.25) is 0 Å².